The fourth-order valence-corrected chi connectivity index (χ4v) is 7.64. The van der Waals surface area contributed by atoms with E-state index >= 15 is 0 Å². The van der Waals surface area contributed by atoms with Crippen molar-refractivity contribution in [2.45, 2.75) is 12.8 Å². The summed E-state index contributed by atoms with van der Waals surface area (Å²) in [4.78, 5) is 10.2. The number of nitrogens with zero attached hydrogens (tertiary/aromatic N) is 2. The normalized spacial score (nSPS) is 15.9. The summed E-state index contributed by atoms with van der Waals surface area (Å²) in [7, 11) is 0. The summed E-state index contributed by atoms with van der Waals surface area (Å²) < 4.78 is 0. The first kappa shape index (κ1) is 29.1. The van der Waals surface area contributed by atoms with Crippen LogP contribution in [0.1, 0.15) is 24.0 Å². The zero-order chi connectivity index (χ0) is 32.7. The van der Waals surface area contributed by atoms with E-state index in [4.69, 9.17) is 9.97 Å². The lowest BCUT2D eigenvalue weighted by Gasteiger charge is -2.29. The van der Waals surface area contributed by atoms with Crippen LogP contribution in [0.15, 0.2) is 176 Å². The maximum absolute atomic E-state index is 5.12. The van der Waals surface area contributed by atoms with Crippen LogP contribution in [-0.4, -0.2) is 9.97 Å². The summed E-state index contributed by atoms with van der Waals surface area (Å²) in [6.45, 7) is 2.33. The average molecular weight is 627 g/mol. The van der Waals surface area contributed by atoms with Crippen LogP contribution >= 0.6 is 0 Å². The molecule has 7 aromatic carbocycles. The van der Waals surface area contributed by atoms with Gasteiger partial charge >= 0.3 is 0 Å². The summed E-state index contributed by atoms with van der Waals surface area (Å²) in [6, 6.07) is 56.4. The van der Waals surface area contributed by atoms with Gasteiger partial charge < -0.3 is 0 Å². The number of hydrogen-bond donors (Lipinski definition) is 0. The third kappa shape index (κ3) is 5.23. The number of fused-ring (bicyclic) bond motifs is 6. The summed E-state index contributed by atoms with van der Waals surface area (Å²) in [5.74, 6) is 1.25. The summed E-state index contributed by atoms with van der Waals surface area (Å²) >= 11 is 0. The lowest BCUT2D eigenvalue weighted by Crippen LogP contribution is -2.13. The molecule has 1 heterocycles. The largest absolute Gasteiger partial charge is 0.228 e. The molecule has 2 nitrogen and oxygen atoms in total. The van der Waals surface area contributed by atoms with E-state index in [1.165, 1.54) is 49.0 Å². The molecule has 49 heavy (non-hydrogen) atoms. The van der Waals surface area contributed by atoms with Crippen molar-refractivity contribution in [3.8, 4) is 33.9 Å². The quantitative estimate of drug-likeness (QED) is 0.178. The van der Waals surface area contributed by atoms with Crippen LogP contribution in [0.2, 0.25) is 0 Å². The smallest absolute Gasteiger partial charge is 0.160 e. The predicted molar refractivity (Wildman–Crippen MR) is 206 cm³/mol. The van der Waals surface area contributed by atoms with E-state index in [0.717, 1.165) is 33.9 Å². The zero-order valence-electron chi connectivity index (χ0n) is 27.3. The molecule has 0 fully saturated rings. The molecule has 9 rings (SSSR count). The molecule has 0 aliphatic heterocycles. The van der Waals surface area contributed by atoms with Gasteiger partial charge in [-0.25, -0.2) is 9.97 Å². The highest BCUT2D eigenvalue weighted by Gasteiger charge is 2.26. The maximum Gasteiger partial charge on any atom is 0.160 e. The third-order valence-corrected chi connectivity index (χ3v) is 10.00. The van der Waals surface area contributed by atoms with E-state index in [1.54, 1.807) is 0 Å². The predicted octanol–water partition coefficient (Wildman–Crippen LogP) is 12.3. The van der Waals surface area contributed by atoms with Crippen LogP contribution in [0.3, 0.4) is 0 Å². The van der Waals surface area contributed by atoms with Gasteiger partial charge in [-0.2, -0.15) is 0 Å². The Hall–Kier alpha value is -6.12. The Morgan fingerprint density at radius 2 is 0.939 bits per heavy atom. The lowest BCUT2D eigenvalue weighted by atomic mass is 9.75. The Labute approximate surface area is 286 Å². The van der Waals surface area contributed by atoms with Crippen molar-refractivity contribution in [1.82, 2.24) is 9.97 Å². The van der Waals surface area contributed by atoms with Crippen molar-refractivity contribution >= 4 is 37.9 Å². The van der Waals surface area contributed by atoms with Crippen LogP contribution in [0.25, 0.3) is 71.8 Å². The molecule has 2 unspecified atom stereocenters. The number of rotatable bonds is 5. The minimum atomic E-state index is 0.200. The van der Waals surface area contributed by atoms with Crippen LogP contribution in [0.5, 0.6) is 0 Å². The molecule has 0 N–H and O–H groups in total. The van der Waals surface area contributed by atoms with Crippen molar-refractivity contribution < 1.29 is 0 Å². The molecule has 0 radical (unpaired) electrons. The van der Waals surface area contributed by atoms with Gasteiger partial charge in [0.25, 0.3) is 0 Å². The second-order valence-electron chi connectivity index (χ2n) is 13.0. The van der Waals surface area contributed by atoms with E-state index in [2.05, 4.69) is 171 Å². The molecular formula is C47H34N2. The van der Waals surface area contributed by atoms with Crippen molar-refractivity contribution in [3.63, 3.8) is 0 Å². The summed E-state index contributed by atoms with van der Waals surface area (Å²) in [5, 5.41) is 7.81. The van der Waals surface area contributed by atoms with Gasteiger partial charge in [0.1, 0.15) is 0 Å². The van der Waals surface area contributed by atoms with Gasteiger partial charge in [-0.1, -0.05) is 165 Å². The van der Waals surface area contributed by atoms with E-state index in [-0.39, 0.29) is 5.92 Å². The lowest BCUT2D eigenvalue weighted by molar-refractivity contribution is 0.650. The highest BCUT2D eigenvalue weighted by molar-refractivity contribution is 6.25. The average Bonchev–Trinajstić information content (AvgIpc) is 3.18. The first-order valence-corrected chi connectivity index (χ1v) is 17.0. The Morgan fingerprint density at radius 1 is 0.429 bits per heavy atom. The van der Waals surface area contributed by atoms with Gasteiger partial charge in [0.15, 0.2) is 5.82 Å². The molecule has 0 bridgehead atoms. The molecule has 1 aromatic heterocycles. The van der Waals surface area contributed by atoms with Crippen LogP contribution in [0.4, 0.5) is 0 Å². The van der Waals surface area contributed by atoms with Gasteiger partial charge in [-0.3, -0.25) is 0 Å². The molecule has 0 saturated carbocycles. The van der Waals surface area contributed by atoms with Crippen molar-refractivity contribution in [2.24, 2.45) is 5.92 Å². The van der Waals surface area contributed by atoms with Crippen molar-refractivity contribution in [1.29, 1.82) is 0 Å². The van der Waals surface area contributed by atoms with Crippen LogP contribution < -0.4 is 0 Å². The molecule has 232 valence electrons. The van der Waals surface area contributed by atoms with Crippen LogP contribution in [0, 0.1) is 5.92 Å². The van der Waals surface area contributed by atoms with Crippen molar-refractivity contribution in [2.75, 3.05) is 0 Å². The molecule has 2 atom stereocenters. The Bertz CT molecular complexity index is 2470. The van der Waals surface area contributed by atoms with Crippen molar-refractivity contribution in [3.05, 3.63) is 187 Å². The second kappa shape index (κ2) is 12.2. The van der Waals surface area contributed by atoms with Crippen LogP contribution in [-0.2, 0) is 0 Å². The molecule has 1 aliphatic rings. The number of aromatic nitrogens is 2. The molecule has 2 heteroatoms. The fourth-order valence-electron chi connectivity index (χ4n) is 7.64. The van der Waals surface area contributed by atoms with E-state index in [9.17, 15) is 0 Å². The minimum Gasteiger partial charge on any atom is -0.228 e. The fraction of sp³-hybridized carbons (Fsp3) is 0.0638. The molecule has 0 spiro atoms. The SMILES string of the molecule is CC1C=CC=C(c2cccc(-c3nc(-c4ccccc4)cc(-c4ccccc4)n3)c2)C1c1ccc2c3ccccc3c3ccccc3c2c1. The summed E-state index contributed by atoms with van der Waals surface area (Å²) in [5.41, 5.74) is 8.81. The van der Waals surface area contributed by atoms with Gasteiger partial charge in [-0.15, -0.1) is 0 Å². The Balaban J connectivity index is 1.17. The molecule has 0 amide bonds. The first-order valence-electron chi connectivity index (χ1n) is 17.0. The number of allylic oxidation sites excluding steroid dienone is 4. The topological polar surface area (TPSA) is 25.8 Å². The Kier molecular flexibility index (Phi) is 7.21. The minimum absolute atomic E-state index is 0.200. The van der Waals surface area contributed by atoms with E-state index < -0.39 is 0 Å². The zero-order valence-corrected chi connectivity index (χ0v) is 27.3. The standard InChI is InChI=1S/C47H34N2/c1-31-14-12-25-37(46(31)35-26-27-42-40-23-9-8-21-38(40)39-22-10-11-24-41(39)43(42)29-35)34-19-13-20-36(28-34)47-48-44(32-15-4-2-5-16-32)30-45(49-47)33-17-6-3-7-18-33/h2-31,46H,1H3. The van der Waals surface area contributed by atoms with E-state index in [1.807, 2.05) is 12.1 Å². The Morgan fingerprint density at radius 3 is 1.55 bits per heavy atom. The molecule has 8 aromatic rings. The molecular weight excluding hydrogens is 593 g/mol. The second-order valence-corrected chi connectivity index (χ2v) is 13.0. The van der Waals surface area contributed by atoms with Gasteiger partial charge in [0.05, 0.1) is 11.4 Å². The van der Waals surface area contributed by atoms with E-state index in [0.29, 0.717) is 5.92 Å². The number of benzene rings is 7. The monoisotopic (exact) mass is 626 g/mol. The third-order valence-electron chi connectivity index (χ3n) is 10.00. The summed E-state index contributed by atoms with van der Waals surface area (Å²) in [6.07, 6.45) is 6.84. The van der Waals surface area contributed by atoms with Gasteiger partial charge in [0.2, 0.25) is 0 Å². The number of hydrogen-bond acceptors (Lipinski definition) is 2. The highest BCUT2D eigenvalue weighted by atomic mass is 14.9. The highest BCUT2D eigenvalue weighted by Crippen LogP contribution is 2.44. The maximum atomic E-state index is 5.12. The van der Waals surface area contributed by atoms with Gasteiger partial charge in [-0.05, 0) is 73.1 Å². The molecule has 1 aliphatic carbocycles. The molecule has 0 saturated heterocycles. The first-order chi connectivity index (χ1) is 24.2. The van der Waals surface area contributed by atoms with Gasteiger partial charge in [0, 0.05) is 22.6 Å².